The van der Waals surface area contributed by atoms with Gasteiger partial charge in [-0.1, -0.05) is 71.8 Å². The van der Waals surface area contributed by atoms with E-state index in [4.69, 9.17) is 35.4 Å². The topological polar surface area (TPSA) is 50.5 Å². The van der Waals surface area contributed by atoms with Gasteiger partial charge in [0.05, 0.1) is 0 Å². The first-order valence-electron chi connectivity index (χ1n) is 18.0. The van der Waals surface area contributed by atoms with Crippen LogP contribution in [0.1, 0.15) is 40.5 Å². The van der Waals surface area contributed by atoms with Crippen LogP contribution >= 0.6 is 35.4 Å². The van der Waals surface area contributed by atoms with E-state index >= 15 is 0 Å². The summed E-state index contributed by atoms with van der Waals surface area (Å²) in [6.07, 6.45) is 9.84. The Hall–Kier alpha value is -4.69. The van der Waals surface area contributed by atoms with Gasteiger partial charge in [0.2, 0.25) is 0 Å². The van der Waals surface area contributed by atoms with E-state index in [0.29, 0.717) is 31.5 Å². The number of rotatable bonds is 6. The number of benzene rings is 4. The van der Waals surface area contributed by atoms with E-state index in [0.717, 1.165) is 88.3 Å². The van der Waals surface area contributed by atoms with Crippen LogP contribution in [0, 0.1) is 0 Å². The number of carbonyl (C=O) groups excluding carboxylic acids is 2. The zero-order chi connectivity index (χ0) is 36.4. The van der Waals surface area contributed by atoms with Gasteiger partial charge in [-0.25, -0.2) is 0 Å². The first-order chi connectivity index (χ1) is 25.2. The van der Waals surface area contributed by atoms with Gasteiger partial charge >= 0.3 is 0 Å². The maximum atomic E-state index is 14.3. The Bertz CT molecular complexity index is 2550. The molecule has 0 bridgehead atoms. The number of amides is 2. The minimum Gasteiger partial charge on any atom is -0.341 e. The van der Waals surface area contributed by atoms with Gasteiger partial charge in [0.15, 0.2) is 5.11 Å². The van der Waals surface area contributed by atoms with Crippen LogP contribution in [-0.2, 0) is 22.7 Å². The highest BCUT2D eigenvalue weighted by Gasteiger charge is 2.42. The zero-order valence-corrected chi connectivity index (χ0v) is 31.9. The summed E-state index contributed by atoms with van der Waals surface area (Å²) >= 11 is 18.9. The first kappa shape index (κ1) is 34.4. The summed E-state index contributed by atoms with van der Waals surface area (Å²) in [5.74, 6) is -0.691. The van der Waals surface area contributed by atoms with Gasteiger partial charge < -0.3 is 9.13 Å². The summed E-state index contributed by atoms with van der Waals surface area (Å²) in [5.41, 5.74) is 5.01. The standard InChI is InChI=1S/C43H38Cl2N4O2S/c1-5-46-33(29-13-9-11-27-31(44)19-23-35(46)38(27)29)21-17-25-15-16-26(37(25)40-41(50)48(7-3)43(52)49(8-4)42(40)51)18-22-34-30-14-10-12-28-32(45)20-24-36(39(28)30)47(34)6-2/h9-14,17-24H,5-8,15-16H2,1-4H3/b25-17-,26-18+,33-21+,34-22+. The molecule has 8 rings (SSSR count). The van der Waals surface area contributed by atoms with Crippen molar-refractivity contribution in [1.82, 2.24) is 18.9 Å². The molecule has 1 saturated heterocycles. The van der Waals surface area contributed by atoms with E-state index in [-0.39, 0.29) is 22.5 Å². The molecule has 0 radical (unpaired) electrons. The van der Waals surface area contributed by atoms with Crippen molar-refractivity contribution in [1.29, 1.82) is 0 Å². The van der Waals surface area contributed by atoms with E-state index in [1.54, 1.807) is 9.80 Å². The Morgan fingerprint density at radius 3 is 1.40 bits per heavy atom. The van der Waals surface area contributed by atoms with Crippen LogP contribution in [0.4, 0.5) is 0 Å². The van der Waals surface area contributed by atoms with Crippen LogP contribution in [0.25, 0.3) is 55.5 Å². The van der Waals surface area contributed by atoms with Gasteiger partial charge in [-0.3, -0.25) is 19.4 Å². The van der Waals surface area contributed by atoms with Crippen LogP contribution in [0.2, 0.25) is 10.0 Å². The lowest BCUT2D eigenvalue weighted by atomic mass is 9.95. The number of hydrogen-bond donors (Lipinski definition) is 0. The molecule has 2 aliphatic rings. The molecule has 0 unspecified atom stereocenters. The number of thiocarbonyl (C=S) groups is 1. The van der Waals surface area contributed by atoms with Gasteiger partial charge in [0, 0.05) is 90.3 Å². The van der Waals surface area contributed by atoms with Crippen LogP contribution in [0.5, 0.6) is 0 Å². The average molecular weight is 746 g/mol. The molecule has 0 N–H and O–H groups in total. The molecule has 0 atom stereocenters. The molecule has 2 amide bonds. The molecule has 2 fully saturated rings. The third-order valence-corrected chi connectivity index (χ3v) is 11.8. The highest BCUT2D eigenvalue weighted by atomic mass is 35.5. The van der Waals surface area contributed by atoms with E-state index < -0.39 is 0 Å². The number of nitrogens with zero attached hydrogens (tertiary/aromatic N) is 4. The van der Waals surface area contributed by atoms with Gasteiger partial charge in [0.1, 0.15) is 5.57 Å². The molecule has 4 aromatic carbocycles. The molecule has 1 saturated carbocycles. The fourth-order valence-electron chi connectivity index (χ4n) is 8.36. The number of halogens is 2. The number of carbonyl (C=O) groups is 2. The van der Waals surface area contributed by atoms with Crippen molar-refractivity contribution in [2.45, 2.75) is 53.6 Å². The summed E-state index contributed by atoms with van der Waals surface area (Å²) in [6.45, 7) is 10.3. The number of aryl methyl sites for hydroxylation is 2. The minimum atomic E-state index is -0.345. The monoisotopic (exact) mass is 744 g/mol. The molecule has 1 aliphatic carbocycles. The largest absolute Gasteiger partial charge is 0.341 e. The van der Waals surface area contributed by atoms with Crippen molar-refractivity contribution in [3.05, 3.63) is 116 Å². The molecule has 9 heteroatoms. The number of hydrogen-bond acceptors (Lipinski definition) is 3. The smallest absolute Gasteiger partial charge is 0.266 e. The lowest BCUT2D eigenvalue weighted by Gasteiger charge is -2.36. The Balaban J connectivity index is 1.39. The summed E-state index contributed by atoms with van der Waals surface area (Å²) in [7, 11) is 0. The summed E-state index contributed by atoms with van der Waals surface area (Å²) < 4.78 is 4.59. The van der Waals surface area contributed by atoms with Crippen LogP contribution in [0.15, 0.2) is 95.1 Å². The highest BCUT2D eigenvalue weighted by molar-refractivity contribution is 7.80. The van der Waals surface area contributed by atoms with Gasteiger partial charge in [0.25, 0.3) is 11.8 Å². The first-order valence-corrected chi connectivity index (χ1v) is 19.1. The lowest BCUT2D eigenvalue weighted by Crippen LogP contribution is -2.56. The van der Waals surface area contributed by atoms with Crippen molar-refractivity contribution in [3.63, 3.8) is 0 Å². The molecule has 1 aliphatic heterocycles. The second-order valence-corrected chi connectivity index (χ2v) is 14.4. The Labute approximate surface area is 317 Å². The van der Waals surface area contributed by atoms with Crippen molar-refractivity contribution in [3.8, 4) is 0 Å². The Morgan fingerprint density at radius 2 is 1.00 bits per heavy atom. The quantitative estimate of drug-likeness (QED) is 0.0973. The van der Waals surface area contributed by atoms with E-state index in [1.165, 1.54) is 0 Å². The second-order valence-electron chi connectivity index (χ2n) is 13.2. The van der Waals surface area contributed by atoms with E-state index in [9.17, 15) is 9.59 Å². The summed E-state index contributed by atoms with van der Waals surface area (Å²) in [4.78, 5) is 31.6. The molecule has 52 heavy (non-hydrogen) atoms. The third-order valence-electron chi connectivity index (χ3n) is 10.7. The number of likely N-dealkylation sites (N-methyl/N-ethyl adjacent to an activating group) is 2. The van der Waals surface area contributed by atoms with Gasteiger partial charge in [-0.2, -0.15) is 0 Å². The van der Waals surface area contributed by atoms with E-state index in [2.05, 4.69) is 83.7 Å². The maximum absolute atomic E-state index is 14.3. The number of aromatic nitrogens is 2. The van der Waals surface area contributed by atoms with Gasteiger partial charge in [-0.15, -0.1) is 0 Å². The molecular formula is C43H38Cl2N4O2S. The van der Waals surface area contributed by atoms with Crippen molar-refractivity contribution in [2.75, 3.05) is 13.1 Å². The molecule has 6 aromatic rings. The fraction of sp³-hybridized carbons (Fsp3) is 0.233. The Kier molecular flexibility index (Phi) is 8.85. The predicted octanol–water partition coefficient (Wildman–Crippen LogP) is 8.89. The predicted molar refractivity (Wildman–Crippen MR) is 219 cm³/mol. The summed E-state index contributed by atoms with van der Waals surface area (Å²) in [5, 5.41) is 10.4. The fourth-order valence-corrected chi connectivity index (χ4v) is 9.23. The maximum Gasteiger partial charge on any atom is 0.266 e. The molecule has 0 spiro atoms. The molecule has 6 nitrogen and oxygen atoms in total. The van der Waals surface area contributed by atoms with Crippen LogP contribution < -0.4 is 10.7 Å². The molecule has 3 heterocycles. The zero-order valence-electron chi connectivity index (χ0n) is 29.6. The van der Waals surface area contributed by atoms with Crippen LogP contribution in [0.3, 0.4) is 0 Å². The number of allylic oxidation sites excluding steroid dienone is 5. The molecule has 262 valence electrons. The van der Waals surface area contributed by atoms with Crippen molar-refractivity contribution in [2.24, 2.45) is 0 Å². The van der Waals surface area contributed by atoms with Crippen molar-refractivity contribution >= 4 is 108 Å². The lowest BCUT2D eigenvalue weighted by molar-refractivity contribution is -0.133. The highest BCUT2D eigenvalue weighted by Crippen LogP contribution is 2.41. The minimum absolute atomic E-state index is 0.177. The van der Waals surface area contributed by atoms with Crippen molar-refractivity contribution < 1.29 is 9.59 Å². The van der Waals surface area contributed by atoms with Crippen LogP contribution in [-0.4, -0.2) is 49.0 Å². The average Bonchev–Trinajstić information content (AvgIpc) is 3.80. The van der Waals surface area contributed by atoms with E-state index in [1.807, 2.05) is 38.1 Å². The molecule has 2 aromatic heterocycles. The second kappa shape index (κ2) is 13.4. The third kappa shape index (κ3) is 5.08. The Morgan fingerprint density at radius 1 is 0.577 bits per heavy atom. The normalized spacial score (nSPS) is 18.2. The molecular weight excluding hydrogens is 707 g/mol. The summed E-state index contributed by atoms with van der Waals surface area (Å²) in [6, 6.07) is 20.6. The SMILES string of the molecule is CCN1C(=O)C(=C2/C(=C\C=c3/c4cccc5c(Cl)ccc(c54)n3CC)CC/C2=C\C=c2/c3cccc4c(Cl)ccc(c43)n2CC)C(=O)N(CC)C1=S. The van der Waals surface area contributed by atoms with Gasteiger partial charge in [-0.05, 0) is 106 Å².